The van der Waals surface area contributed by atoms with Crippen molar-refractivity contribution in [2.45, 2.75) is 13.1 Å². The summed E-state index contributed by atoms with van der Waals surface area (Å²) in [4.78, 5) is 0. The zero-order valence-corrected chi connectivity index (χ0v) is 11.6. The molecule has 0 aliphatic carbocycles. The molecule has 0 amide bonds. The van der Waals surface area contributed by atoms with Gasteiger partial charge in [-0.3, -0.25) is 0 Å². The Bertz CT molecular complexity index is 720. The maximum absolute atomic E-state index is 12.7. The second kappa shape index (κ2) is 5.66. The van der Waals surface area contributed by atoms with Crippen LogP contribution >= 0.6 is 11.6 Å². The Morgan fingerprint density at radius 3 is 2.43 bits per heavy atom. The largest absolute Gasteiger partial charge is 0.456 e. The number of nitrogens with zero attached hydrogens (tertiary/aromatic N) is 1. The molecule has 0 radical (unpaired) electrons. The smallest absolute Gasteiger partial charge is 0.416 e. The van der Waals surface area contributed by atoms with Gasteiger partial charge >= 0.3 is 6.18 Å². The average Bonchev–Trinajstić information content (AvgIpc) is 2.42. The predicted molar refractivity (Wildman–Crippen MR) is 72.4 cm³/mol. The van der Waals surface area contributed by atoms with Crippen molar-refractivity contribution in [3.8, 4) is 17.6 Å². The van der Waals surface area contributed by atoms with E-state index in [4.69, 9.17) is 21.6 Å². The van der Waals surface area contributed by atoms with E-state index >= 15 is 0 Å². The van der Waals surface area contributed by atoms with Gasteiger partial charge in [-0.15, -0.1) is 0 Å². The van der Waals surface area contributed by atoms with Crippen LogP contribution in [0.2, 0.25) is 5.02 Å². The maximum atomic E-state index is 12.7. The molecule has 2 rings (SSSR count). The number of benzene rings is 2. The van der Waals surface area contributed by atoms with E-state index in [2.05, 4.69) is 0 Å². The minimum Gasteiger partial charge on any atom is -0.456 e. The van der Waals surface area contributed by atoms with E-state index in [0.29, 0.717) is 5.02 Å². The molecule has 21 heavy (non-hydrogen) atoms. The third-order valence-electron chi connectivity index (χ3n) is 2.80. The van der Waals surface area contributed by atoms with Crippen LogP contribution in [0.1, 0.15) is 16.7 Å². The lowest BCUT2D eigenvalue weighted by atomic mass is 10.1. The van der Waals surface area contributed by atoms with Crippen molar-refractivity contribution < 1.29 is 17.9 Å². The second-order valence-electron chi connectivity index (χ2n) is 4.33. The Morgan fingerprint density at radius 1 is 1.14 bits per heavy atom. The Hall–Kier alpha value is -2.19. The molecule has 0 saturated heterocycles. The highest BCUT2D eigenvalue weighted by Crippen LogP contribution is 2.35. The highest BCUT2D eigenvalue weighted by molar-refractivity contribution is 6.31. The number of halogens is 4. The maximum Gasteiger partial charge on any atom is 0.416 e. The van der Waals surface area contributed by atoms with Gasteiger partial charge in [-0.05, 0) is 42.8 Å². The van der Waals surface area contributed by atoms with Gasteiger partial charge in [0.05, 0.1) is 11.1 Å². The van der Waals surface area contributed by atoms with Gasteiger partial charge in [-0.1, -0.05) is 17.7 Å². The quantitative estimate of drug-likeness (QED) is 0.751. The van der Waals surface area contributed by atoms with E-state index in [0.717, 1.165) is 23.8 Å². The van der Waals surface area contributed by atoms with E-state index in [1.165, 1.54) is 6.07 Å². The molecule has 2 aromatic carbocycles. The standard InChI is InChI=1S/C15H9ClF3NO/c1-9-2-5-12(7-13(9)16)21-14-6-11(15(17,18)19)4-3-10(14)8-20/h2-7H,1H3. The highest BCUT2D eigenvalue weighted by atomic mass is 35.5. The van der Waals surface area contributed by atoms with Crippen molar-refractivity contribution in [3.63, 3.8) is 0 Å². The molecule has 0 atom stereocenters. The summed E-state index contributed by atoms with van der Waals surface area (Å²) in [6.45, 7) is 1.79. The topological polar surface area (TPSA) is 33.0 Å². The minimum atomic E-state index is -4.50. The molecule has 0 aliphatic rings. The molecular weight excluding hydrogens is 303 g/mol. The van der Waals surface area contributed by atoms with Gasteiger partial charge in [0.25, 0.3) is 0 Å². The number of aryl methyl sites for hydroxylation is 1. The van der Waals surface area contributed by atoms with Gasteiger partial charge in [-0.2, -0.15) is 18.4 Å². The number of hydrogen-bond donors (Lipinski definition) is 0. The van der Waals surface area contributed by atoms with Crippen LogP contribution in [0.25, 0.3) is 0 Å². The molecule has 0 unspecified atom stereocenters. The first-order valence-corrected chi connectivity index (χ1v) is 6.24. The summed E-state index contributed by atoms with van der Waals surface area (Å²) in [7, 11) is 0. The van der Waals surface area contributed by atoms with Crippen LogP contribution in [-0.2, 0) is 6.18 Å². The molecular formula is C15H9ClF3NO. The van der Waals surface area contributed by atoms with Crippen LogP contribution < -0.4 is 4.74 Å². The normalized spacial score (nSPS) is 11.0. The van der Waals surface area contributed by atoms with Crippen LogP contribution in [0, 0.1) is 18.3 Å². The van der Waals surface area contributed by atoms with E-state index < -0.39 is 11.7 Å². The number of alkyl halides is 3. The molecule has 0 saturated carbocycles. The van der Waals surface area contributed by atoms with E-state index in [1.54, 1.807) is 25.1 Å². The van der Waals surface area contributed by atoms with E-state index in [9.17, 15) is 13.2 Å². The molecule has 0 N–H and O–H groups in total. The van der Waals surface area contributed by atoms with Crippen LogP contribution in [0.15, 0.2) is 36.4 Å². The monoisotopic (exact) mass is 311 g/mol. The van der Waals surface area contributed by atoms with Crippen molar-refractivity contribution in [2.75, 3.05) is 0 Å². The molecule has 0 spiro atoms. The first-order chi connectivity index (χ1) is 9.81. The molecule has 6 heteroatoms. The van der Waals surface area contributed by atoms with Crippen molar-refractivity contribution in [2.24, 2.45) is 0 Å². The second-order valence-corrected chi connectivity index (χ2v) is 4.74. The molecule has 0 aromatic heterocycles. The molecule has 0 fully saturated rings. The number of hydrogen-bond acceptors (Lipinski definition) is 2. The molecule has 0 heterocycles. The van der Waals surface area contributed by atoms with Crippen LogP contribution in [0.5, 0.6) is 11.5 Å². The molecule has 108 valence electrons. The summed E-state index contributed by atoms with van der Waals surface area (Å²) in [5.41, 5.74) is -0.0528. The third-order valence-corrected chi connectivity index (χ3v) is 3.21. The van der Waals surface area contributed by atoms with Crippen molar-refractivity contribution in [1.29, 1.82) is 5.26 Å². The van der Waals surface area contributed by atoms with Gasteiger partial charge in [-0.25, -0.2) is 0 Å². The number of rotatable bonds is 2. The fraction of sp³-hybridized carbons (Fsp3) is 0.133. The molecule has 2 aromatic rings. The van der Waals surface area contributed by atoms with Gasteiger partial charge in [0.2, 0.25) is 0 Å². The van der Waals surface area contributed by atoms with Crippen molar-refractivity contribution in [3.05, 3.63) is 58.1 Å². The summed E-state index contributed by atoms with van der Waals surface area (Å²) in [6.07, 6.45) is -4.50. The minimum absolute atomic E-state index is 0.0136. The van der Waals surface area contributed by atoms with Crippen LogP contribution in [0.4, 0.5) is 13.2 Å². The lowest BCUT2D eigenvalue weighted by molar-refractivity contribution is -0.137. The Morgan fingerprint density at radius 2 is 1.86 bits per heavy atom. The zero-order valence-electron chi connectivity index (χ0n) is 10.8. The Balaban J connectivity index is 2.42. The summed E-state index contributed by atoms with van der Waals surface area (Å²) >= 11 is 5.93. The fourth-order valence-corrected chi connectivity index (χ4v) is 1.81. The summed E-state index contributed by atoms with van der Waals surface area (Å²) in [5.74, 6) is 0.105. The van der Waals surface area contributed by atoms with Crippen LogP contribution in [-0.4, -0.2) is 0 Å². The SMILES string of the molecule is Cc1ccc(Oc2cc(C(F)(F)F)ccc2C#N)cc1Cl. The van der Waals surface area contributed by atoms with Gasteiger partial charge in [0.1, 0.15) is 17.6 Å². The zero-order chi connectivity index (χ0) is 15.6. The lowest BCUT2D eigenvalue weighted by Crippen LogP contribution is -2.05. The Kier molecular flexibility index (Phi) is 4.10. The van der Waals surface area contributed by atoms with Crippen molar-refractivity contribution >= 4 is 11.6 Å². The van der Waals surface area contributed by atoms with E-state index in [-0.39, 0.29) is 17.1 Å². The summed E-state index contributed by atoms with van der Waals surface area (Å²) in [6, 6.07) is 9.25. The fourth-order valence-electron chi connectivity index (χ4n) is 1.64. The van der Waals surface area contributed by atoms with Gasteiger partial charge in [0, 0.05) is 5.02 Å². The number of ether oxygens (including phenoxy) is 1. The number of nitriles is 1. The molecule has 0 bridgehead atoms. The lowest BCUT2D eigenvalue weighted by Gasteiger charge is -2.12. The molecule has 0 aliphatic heterocycles. The van der Waals surface area contributed by atoms with Gasteiger partial charge < -0.3 is 4.74 Å². The predicted octanol–water partition coefficient (Wildman–Crippen LogP) is 5.33. The Labute approximate surface area is 124 Å². The summed E-state index contributed by atoms with van der Waals surface area (Å²) < 4.78 is 43.5. The first-order valence-electron chi connectivity index (χ1n) is 5.86. The van der Waals surface area contributed by atoms with Crippen molar-refractivity contribution in [1.82, 2.24) is 0 Å². The van der Waals surface area contributed by atoms with E-state index in [1.807, 2.05) is 0 Å². The first kappa shape index (κ1) is 15.2. The average molecular weight is 312 g/mol. The van der Waals surface area contributed by atoms with Crippen LogP contribution in [0.3, 0.4) is 0 Å². The van der Waals surface area contributed by atoms with Gasteiger partial charge in [0.15, 0.2) is 0 Å². The highest BCUT2D eigenvalue weighted by Gasteiger charge is 2.31. The third kappa shape index (κ3) is 3.47. The molecule has 2 nitrogen and oxygen atoms in total. The summed E-state index contributed by atoms with van der Waals surface area (Å²) in [5, 5.41) is 9.38.